The number of carbonyl (C=O) groups is 1. The molecule has 0 saturated carbocycles. The molecule has 2 heterocycles. The van der Waals surface area contributed by atoms with Crippen LogP contribution in [0.25, 0.3) is 22.6 Å². The maximum Gasteiger partial charge on any atom is 0.411 e. The molecule has 3 aromatic rings. The third-order valence-corrected chi connectivity index (χ3v) is 4.79. The molecule has 1 amide bonds. The second-order valence-corrected chi connectivity index (χ2v) is 6.37. The van der Waals surface area contributed by atoms with Crippen LogP contribution in [0.3, 0.4) is 0 Å². The van der Waals surface area contributed by atoms with Crippen molar-refractivity contribution in [1.82, 2.24) is 9.55 Å². The molecule has 0 spiro atoms. The number of carbonyl (C=O) groups excluding carboxylic acids is 1. The van der Waals surface area contributed by atoms with Gasteiger partial charge in [0.25, 0.3) is 0 Å². The highest BCUT2D eigenvalue weighted by Crippen LogP contribution is 2.37. The lowest BCUT2D eigenvalue weighted by Gasteiger charge is -2.19. The summed E-state index contributed by atoms with van der Waals surface area (Å²) in [4.78, 5) is 16.4. The van der Waals surface area contributed by atoms with E-state index in [0.29, 0.717) is 11.5 Å². The third kappa shape index (κ3) is 3.24. The monoisotopic (exact) mass is 384 g/mol. The van der Waals surface area contributed by atoms with Crippen molar-refractivity contribution < 1.29 is 9.53 Å². The normalized spacial score (nSPS) is 11.8. The van der Waals surface area contributed by atoms with E-state index in [4.69, 9.17) is 10.7 Å². The predicted molar refractivity (Wildman–Crippen MR) is 109 cm³/mol. The van der Waals surface area contributed by atoms with Gasteiger partial charge in [0.05, 0.1) is 7.11 Å². The molecule has 1 aromatic heterocycles. The molecule has 4 rings (SSSR count). The quantitative estimate of drug-likeness (QED) is 0.691. The first-order valence-corrected chi connectivity index (χ1v) is 8.48. The van der Waals surface area contributed by atoms with Gasteiger partial charge in [0.2, 0.25) is 0 Å². The highest BCUT2D eigenvalue weighted by atomic mass is 35.5. The average Bonchev–Trinajstić information content (AvgIpc) is 2.99. The highest BCUT2D eigenvalue weighted by molar-refractivity contribution is 5.87. The van der Waals surface area contributed by atoms with E-state index in [9.17, 15) is 4.79 Å². The number of nitrogens with two attached hydrogens (primary N) is 1. The molecule has 0 bridgehead atoms. The second kappa shape index (κ2) is 7.32. The Labute approximate surface area is 163 Å². The molecule has 0 saturated heterocycles. The number of hydrogen-bond acceptors (Lipinski definition) is 4. The van der Waals surface area contributed by atoms with E-state index in [1.165, 1.54) is 12.7 Å². The van der Waals surface area contributed by atoms with E-state index in [2.05, 4.69) is 23.0 Å². The smallest absolute Gasteiger partial charge is 0.411 e. The van der Waals surface area contributed by atoms with E-state index in [-0.39, 0.29) is 12.4 Å². The van der Waals surface area contributed by atoms with Crippen LogP contribution in [0.1, 0.15) is 11.1 Å². The Balaban J connectivity index is 0.00000210. The van der Waals surface area contributed by atoms with Crippen molar-refractivity contribution in [2.45, 2.75) is 19.9 Å². The number of fused-ring (bicyclic) bond motifs is 3. The summed E-state index contributed by atoms with van der Waals surface area (Å²) >= 11 is 0. The van der Waals surface area contributed by atoms with Crippen molar-refractivity contribution in [3.05, 3.63) is 53.6 Å². The van der Waals surface area contributed by atoms with Crippen LogP contribution in [0.2, 0.25) is 0 Å². The summed E-state index contributed by atoms with van der Waals surface area (Å²) in [5.41, 5.74) is 12.3. The first-order chi connectivity index (χ1) is 12.6. The van der Waals surface area contributed by atoms with Crippen LogP contribution in [0.15, 0.2) is 42.5 Å². The fourth-order valence-electron chi connectivity index (χ4n) is 3.42. The number of hydrogen-bond donors (Lipinski definition) is 2. The van der Waals surface area contributed by atoms with Gasteiger partial charge in [0, 0.05) is 23.4 Å². The molecule has 0 aliphatic carbocycles. The van der Waals surface area contributed by atoms with Gasteiger partial charge in [-0.1, -0.05) is 30.3 Å². The summed E-state index contributed by atoms with van der Waals surface area (Å²) in [6, 6.07) is 13.9. The number of aromatic nitrogens is 2. The van der Waals surface area contributed by atoms with E-state index in [1.54, 1.807) is 0 Å². The van der Waals surface area contributed by atoms with Crippen molar-refractivity contribution in [3.63, 3.8) is 0 Å². The van der Waals surface area contributed by atoms with Crippen molar-refractivity contribution in [2.75, 3.05) is 18.2 Å². The average molecular weight is 385 g/mol. The number of nitrogen functional groups attached to an aromatic ring is 1. The Morgan fingerprint density at radius 1 is 1.22 bits per heavy atom. The minimum absolute atomic E-state index is 0. The lowest BCUT2D eigenvalue weighted by molar-refractivity contribution is 0.187. The molecule has 0 unspecified atom stereocenters. The predicted octanol–water partition coefficient (Wildman–Crippen LogP) is 4.26. The third-order valence-electron chi connectivity index (χ3n) is 4.79. The number of nitrogens with zero attached hydrogens (tertiary/aromatic N) is 2. The van der Waals surface area contributed by atoms with E-state index >= 15 is 0 Å². The molecule has 27 heavy (non-hydrogen) atoms. The van der Waals surface area contributed by atoms with Crippen LogP contribution in [0, 0.1) is 6.92 Å². The zero-order chi connectivity index (χ0) is 18.3. The SMILES string of the molecule is COC(=O)Nc1ccc2c(c1)-c1nc(-c3ccccc3C)c(N)n1CC2.Cl. The van der Waals surface area contributed by atoms with Gasteiger partial charge in [0.1, 0.15) is 17.3 Å². The van der Waals surface area contributed by atoms with Crippen LogP contribution in [0.5, 0.6) is 0 Å². The summed E-state index contributed by atoms with van der Waals surface area (Å²) in [6.45, 7) is 2.84. The van der Waals surface area contributed by atoms with Gasteiger partial charge in [-0.25, -0.2) is 9.78 Å². The maximum atomic E-state index is 11.5. The molecule has 0 radical (unpaired) electrons. The lowest BCUT2D eigenvalue weighted by Crippen LogP contribution is -2.15. The highest BCUT2D eigenvalue weighted by Gasteiger charge is 2.24. The van der Waals surface area contributed by atoms with Crippen LogP contribution < -0.4 is 11.1 Å². The van der Waals surface area contributed by atoms with Crippen molar-refractivity contribution in [2.24, 2.45) is 0 Å². The molecule has 140 valence electrons. The number of benzene rings is 2. The van der Waals surface area contributed by atoms with Crippen molar-refractivity contribution >= 4 is 30.0 Å². The van der Waals surface area contributed by atoms with Gasteiger partial charge in [-0.15, -0.1) is 12.4 Å². The van der Waals surface area contributed by atoms with E-state index in [1.807, 2.05) is 41.0 Å². The number of ether oxygens (including phenoxy) is 1. The maximum absolute atomic E-state index is 11.5. The second-order valence-electron chi connectivity index (χ2n) is 6.37. The van der Waals surface area contributed by atoms with Gasteiger partial charge >= 0.3 is 6.09 Å². The fraction of sp³-hybridized carbons (Fsp3) is 0.200. The van der Waals surface area contributed by atoms with Gasteiger partial charge in [0.15, 0.2) is 0 Å². The zero-order valence-corrected chi connectivity index (χ0v) is 16.0. The number of rotatable bonds is 2. The molecule has 1 aliphatic rings. The molecule has 3 N–H and O–H groups in total. The minimum atomic E-state index is -0.496. The van der Waals surface area contributed by atoms with Crippen LogP contribution in [-0.2, 0) is 17.7 Å². The first kappa shape index (κ1) is 18.8. The van der Waals surface area contributed by atoms with Gasteiger partial charge in [-0.05, 0) is 36.6 Å². The molecule has 6 nitrogen and oxygen atoms in total. The lowest BCUT2D eigenvalue weighted by atomic mass is 10.00. The summed E-state index contributed by atoms with van der Waals surface area (Å²) in [7, 11) is 1.34. The summed E-state index contributed by atoms with van der Waals surface area (Å²) in [5, 5.41) is 2.71. The summed E-state index contributed by atoms with van der Waals surface area (Å²) in [5.74, 6) is 1.50. The Hall–Kier alpha value is -2.99. The van der Waals surface area contributed by atoms with Crippen molar-refractivity contribution in [1.29, 1.82) is 0 Å². The Morgan fingerprint density at radius 3 is 2.74 bits per heavy atom. The van der Waals surface area contributed by atoms with Gasteiger partial charge < -0.3 is 15.0 Å². The molecule has 1 aliphatic heterocycles. The van der Waals surface area contributed by atoms with E-state index in [0.717, 1.165) is 41.2 Å². The minimum Gasteiger partial charge on any atom is -0.453 e. The van der Waals surface area contributed by atoms with Crippen LogP contribution >= 0.6 is 12.4 Å². The zero-order valence-electron chi connectivity index (χ0n) is 15.2. The first-order valence-electron chi connectivity index (χ1n) is 8.48. The molecular weight excluding hydrogens is 364 g/mol. The largest absolute Gasteiger partial charge is 0.453 e. The van der Waals surface area contributed by atoms with E-state index < -0.39 is 6.09 Å². The molecule has 7 heteroatoms. The number of halogens is 1. The molecule has 0 atom stereocenters. The molecule has 0 fully saturated rings. The number of amides is 1. The Bertz CT molecular complexity index is 1010. The Kier molecular flexibility index (Phi) is 5.10. The molecule has 2 aromatic carbocycles. The number of aryl methyl sites for hydroxylation is 2. The topological polar surface area (TPSA) is 82.2 Å². The summed E-state index contributed by atoms with van der Waals surface area (Å²) in [6.07, 6.45) is 0.374. The Morgan fingerprint density at radius 2 is 2.00 bits per heavy atom. The van der Waals surface area contributed by atoms with Crippen molar-refractivity contribution in [3.8, 4) is 22.6 Å². The summed E-state index contributed by atoms with van der Waals surface area (Å²) < 4.78 is 6.72. The van der Waals surface area contributed by atoms with Crippen LogP contribution in [0.4, 0.5) is 16.3 Å². The number of nitrogens with one attached hydrogen (secondary N) is 1. The van der Waals surface area contributed by atoms with Crippen LogP contribution in [-0.4, -0.2) is 22.8 Å². The van der Waals surface area contributed by atoms with Gasteiger partial charge in [-0.2, -0.15) is 0 Å². The molecular formula is C20H21ClN4O2. The fourth-order valence-corrected chi connectivity index (χ4v) is 3.42. The number of methoxy groups -OCH3 is 1. The number of imidazole rings is 1. The number of anilines is 2. The van der Waals surface area contributed by atoms with Gasteiger partial charge in [-0.3, -0.25) is 5.32 Å². The standard InChI is InChI=1S/C20H20N4O2.ClH/c1-12-5-3-4-6-15(12)17-18(21)24-10-9-13-7-8-14(22-20(25)26-2)11-16(13)19(24)23-17;/h3-8,11H,9-10,21H2,1-2H3,(H,22,25);1H.